The van der Waals surface area contributed by atoms with Crippen LogP contribution in [0.15, 0.2) is 30.5 Å². The van der Waals surface area contributed by atoms with Gasteiger partial charge in [-0.2, -0.15) is 4.98 Å². The summed E-state index contributed by atoms with van der Waals surface area (Å²) in [7, 11) is -3.73. The molecule has 0 spiro atoms. The molecule has 140 valence electrons. The largest absolute Gasteiger partial charge is 0.474 e. The minimum absolute atomic E-state index is 0.151. The van der Waals surface area contributed by atoms with E-state index in [9.17, 15) is 17.2 Å². The maximum atomic E-state index is 13.7. The second-order valence-corrected chi connectivity index (χ2v) is 8.12. The second kappa shape index (κ2) is 7.63. The Kier molecular flexibility index (Phi) is 5.47. The number of ether oxygens (including phenoxy) is 1. The van der Waals surface area contributed by atoms with Crippen molar-refractivity contribution in [2.24, 2.45) is 0 Å². The number of nitrogens with zero attached hydrogens (tertiary/aromatic N) is 3. The van der Waals surface area contributed by atoms with E-state index in [0.717, 1.165) is 18.2 Å². The number of sulfonamides is 1. The lowest BCUT2D eigenvalue weighted by Crippen LogP contribution is -2.42. The minimum Gasteiger partial charge on any atom is -0.474 e. The normalized spacial score (nSPS) is 16.6. The van der Waals surface area contributed by atoms with E-state index in [1.165, 1.54) is 4.31 Å². The molecule has 9 heteroatoms. The molecule has 0 radical (unpaired) electrons. The summed E-state index contributed by atoms with van der Waals surface area (Å²) in [6, 6.07) is 4.47. The molecule has 1 aromatic carbocycles. The third-order valence-corrected chi connectivity index (χ3v) is 6.01. The van der Waals surface area contributed by atoms with E-state index < -0.39 is 27.4 Å². The zero-order valence-corrected chi connectivity index (χ0v) is 15.0. The van der Waals surface area contributed by atoms with Crippen LogP contribution in [0.4, 0.5) is 8.78 Å². The predicted molar refractivity (Wildman–Crippen MR) is 91.0 cm³/mol. The summed E-state index contributed by atoms with van der Waals surface area (Å²) < 4.78 is 59.0. The van der Waals surface area contributed by atoms with Crippen LogP contribution in [0.25, 0.3) is 0 Å². The van der Waals surface area contributed by atoms with Crippen LogP contribution in [0.3, 0.4) is 0 Å². The van der Waals surface area contributed by atoms with E-state index in [2.05, 4.69) is 9.97 Å². The van der Waals surface area contributed by atoms with Crippen LogP contribution < -0.4 is 4.74 Å². The topological polar surface area (TPSA) is 72.4 Å². The van der Waals surface area contributed by atoms with E-state index in [-0.39, 0.29) is 24.8 Å². The van der Waals surface area contributed by atoms with Crippen molar-refractivity contribution in [3.05, 3.63) is 53.5 Å². The highest BCUT2D eigenvalue weighted by atomic mass is 32.2. The zero-order chi connectivity index (χ0) is 18.7. The number of rotatable bonds is 5. The maximum absolute atomic E-state index is 13.7. The Morgan fingerprint density at radius 2 is 1.96 bits per heavy atom. The zero-order valence-electron chi connectivity index (χ0n) is 14.2. The first-order valence-electron chi connectivity index (χ1n) is 8.21. The Morgan fingerprint density at radius 1 is 1.23 bits per heavy atom. The summed E-state index contributed by atoms with van der Waals surface area (Å²) in [6.45, 7) is 2.27. The fraction of sp³-hybridized carbons (Fsp3) is 0.412. The summed E-state index contributed by atoms with van der Waals surface area (Å²) in [5.41, 5.74) is -0.167. The van der Waals surface area contributed by atoms with Crippen molar-refractivity contribution in [3.63, 3.8) is 0 Å². The third kappa shape index (κ3) is 4.53. The van der Waals surface area contributed by atoms with Gasteiger partial charge in [0.1, 0.15) is 23.6 Å². The summed E-state index contributed by atoms with van der Waals surface area (Å²) in [4.78, 5) is 8.16. The lowest BCUT2D eigenvalue weighted by Gasteiger charge is -2.31. The standard InChI is InChI=1S/C17H19F2N3O3S/c1-12-20-7-4-17(21-12)25-15-5-8-22(9-6-15)26(23,24)11-13-10-14(18)2-3-16(13)19/h2-4,7,10,15H,5-6,8-9,11H2,1H3. The van der Waals surface area contributed by atoms with E-state index in [1.54, 1.807) is 19.2 Å². The molecule has 26 heavy (non-hydrogen) atoms. The second-order valence-electron chi connectivity index (χ2n) is 6.15. The van der Waals surface area contributed by atoms with Crippen molar-refractivity contribution >= 4 is 10.0 Å². The fourth-order valence-corrected chi connectivity index (χ4v) is 4.40. The lowest BCUT2D eigenvalue weighted by atomic mass is 10.1. The molecule has 0 amide bonds. The van der Waals surface area contributed by atoms with Gasteiger partial charge in [-0.1, -0.05) is 0 Å². The molecule has 1 aliphatic heterocycles. The van der Waals surface area contributed by atoms with Gasteiger partial charge in [0.15, 0.2) is 0 Å². The fourth-order valence-electron chi connectivity index (χ4n) is 2.84. The number of halogens is 2. The van der Waals surface area contributed by atoms with Gasteiger partial charge >= 0.3 is 0 Å². The molecule has 0 bridgehead atoms. The molecular weight excluding hydrogens is 364 g/mol. The van der Waals surface area contributed by atoms with E-state index in [4.69, 9.17) is 4.74 Å². The Bertz CT molecular complexity index is 885. The lowest BCUT2D eigenvalue weighted by molar-refractivity contribution is 0.129. The number of hydrogen-bond donors (Lipinski definition) is 0. The number of piperidine rings is 1. The van der Waals surface area contributed by atoms with Gasteiger partial charge in [0.05, 0.1) is 5.75 Å². The van der Waals surface area contributed by atoms with Crippen molar-refractivity contribution < 1.29 is 21.9 Å². The molecule has 0 atom stereocenters. The van der Waals surface area contributed by atoms with Crippen molar-refractivity contribution in [2.45, 2.75) is 31.6 Å². The minimum atomic E-state index is -3.73. The van der Waals surface area contributed by atoms with Gasteiger partial charge in [0.25, 0.3) is 0 Å². The van der Waals surface area contributed by atoms with Crippen molar-refractivity contribution in [1.29, 1.82) is 0 Å². The molecule has 0 aliphatic carbocycles. The van der Waals surface area contributed by atoms with Crippen LogP contribution in [0, 0.1) is 18.6 Å². The molecule has 0 saturated carbocycles. The quantitative estimate of drug-likeness (QED) is 0.793. The van der Waals surface area contributed by atoms with Crippen LogP contribution in [0.2, 0.25) is 0 Å². The summed E-state index contributed by atoms with van der Waals surface area (Å²) in [5, 5.41) is 0. The molecule has 1 aliphatic rings. The first-order chi connectivity index (χ1) is 12.3. The molecule has 1 aromatic heterocycles. The third-order valence-electron chi connectivity index (χ3n) is 4.18. The number of hydrogen-bond acceptors (Lipinski definition) is 5. The van der Waals surface area contributed by atoms with E-state index in [0.29, 0.717) is 24.5 Å². The molecular formula is C17H19F2N3O3S. The number of aromatic nitrogens is 2. The summed E-state index contributed by atoms with van der Waals surface area (Å²) in [5.74, 6) is -0.899. The van der Waals surface area contributed by atoms with Crippen LogP contribution in [0.1, 0.15) is 24.2 Å². The Balaban J connectivity index is 1.60. The predicted octanol–water partition coefficient (Wildman–Crippen LogP) is 2.44. The Hall–Kier alpha value is -2.13. The molecule has 2 aromatic rings. The average Bonchev–Trinajstić information content (AvgIpc) is 2.58. The maximum Gasteiger partial charge on any atom is 0.218 e. The molecule has 0 N–H and O–H groups in total. The van der Waals surface area contributed by atoms with Crippen molar-refractivity contribution in [3.8, 4) is 5.88 Å². The van der Waals surface area contributed by atoms with Gasteiger partial charge in [-0.05, 0) is 38.0 Å². The monoisotopic (exact) mass is 383 g/mol. The highest BCUT2D eigenvalue weighted by Crippen LogP contribution is 2.22. The molecule has 0 unspecified atom stereocenters. The molecule has 6 nitrogen and oxygen atoms in total. The van der Waals surface area contributed by atoms with E-state index >= 15 is 0 Å². The SMILES string of the molecule is Cc1nccc(OC2CCN(S(=O)(=O)Cc3cc(F)ccc3F)CC2)n1. The van der Waals surface area contributed by atoms with E-state index in [1.807, 2.05) is 0 Å². The first-order valence-corrected chi connectivity index (χ1v) is 9.82. The van der Waals surface area contributed by atoms with Crippen molar-refractivity contribution in [1.82, 2.24) is 14.3 Å². The van der Waals surface area contributed by atoms with Crippen LogP contribution in [-0.2, 0) is 15.8 Å². The van der Waals surface area contributed by atoms with Gasteiger partial charge in [-0.3, -0.25) is 0 Å². The number of benzene rings is 1. The van der Waals surface area contributed by atoms with Crippen LogP contribution in [-0.4, -0.2) is 41.9 Å². The summed E-state index contributed by atoms with van der Waals surface area (Å²) >= 11 is 0. The highest BCUT2D eigenvalue weighted by molar-refractivity contribution is 7.88. The van der Waals surface area contributed by atoms with Gasteiger partial charge in [0, 0.05) is 30.9 Å². The first kappa shape index (κ1) is 18.7. The number of aryl methyl sites for hydroxylation is 1. The van der Waals surface area contributed by atoms with Crippen molar-refractivity contribution in [2.75, 3.05) is 13.1 Å². The Labute approximate surface area is 150 Å². The average molecular weight is 383 g/mol. The molecule has 2 heterocycles. The highest BCUT2D eigenvalue weighted by Gasteiger charge is 2.30. The molecule has 1 fully saturated rings. The van der Waals surface area contributed by atoms with Gasteiger partial charge < -0.3 is 4.74 Å². The van der Waals surface area contributed by atoms with Crippen LogP contribution >= 0.6 is 0 Å². The summed E-state index contributed by atoms with van der Waals surface area (Å²) in [6.07, 6.45) is 2.44. The van der Waals surface area contributed by atoms with Gasteiger partial charge in [-0.15, -0.1) is 0 Å². The van der Waals surface area contributed by atoms with Gasteiger partial charge in [0.2, 0.25) is 15.9 Å². The van der Waals surface area contributed by atoms with Crippen LogP contribution in [0.5, 0.6) is 5.88 Å². The molecule has 3 rings (SSSR count). The van der Waals surface area contributed by atoms with Gasteiger partial charge in [-0.25, -0.2) is 26.5 Å². The smallest absolute Gasteiger partial charge is 0.218 e. The molecule has 1 saturated heterocycles. The Morgan fingerprint density at radius 3 is 2.65 bits per heavy atom.